The molecule has 5 heteroatoms. The van der Waals surface area contributed by atoms with Crippen molar-refractivity contribution in [2.75, 3.05) is 18.8 Å². The van der Waals surface area contributed by atoms with Crippen LogP contribution in [0.2, 0.25) is 0 Å². The third-order valence-corrected chi connectivity index (χ3v) is 4.76. The molecule has 0 amide bonds. The summed E-state index contributed by atoms with van der Waals surface area (Å²) in [5, 5.41) is 12.6. The maximum absolute atomic E-state index is 12.1. The molecular formula is C14H23NO3S. The van der Waals surface area contributed by atoms with Gasteiger partial charge in [-0.25, -0.2) is 8.42 Å². The number of benzene rings is 1. The minimum absolute atomic E-state index is 0.249. The Labute approximate surface area is 115 Å². The first-order valence-electron chi connectivity index (χ1n) is 6.58. The van der Waals surface area contributed by atoms with Gasteiger partial charge in [0.1, 0.15) is 0 Å². The molecule has 1 rings (SSSR count). The molecule has 0 aliphatic carbocycles. The molecule has 0 aliphatic heterocycles. The van der Waals surface area contributed by atoms with Gasteiger partial charge in [-0.05, 0) is 30.2 Å². The van der Waals surface area contributed by atoms with Crippen LogP contribution in [0.5, 0.6) is 0 Å². The van der Waals surface area contributed by atoms with Gasteiger partial charge in [-0.15, -0.1) is 0 Å². The minimum Gasteiger partial charge on any atom is -0.391 e. The lowest BCUT2D eigenvalue weighted by Gasteiger charge is -2.12. The third-order valence-electron chi connectivity index (χ3n) is 2.95. The number of rotatable bonds is 7. The van der Waals surface area contributed by atoms with Gasteiger partial charge in [0, 0.05) is 6.54 Å². The molecular weight excluding hydrogens is 262 g/mol. The van der Waals surface area contributed by atoms with Crippen LogP contribution in [-0.2, 0) is 9.84 Å². The van der Waals surface area contributed by atoms with E-state index in [1.807, 2.05) is 19.1 Å². The van der Waals surface area contributed by atoms with Crippen molar-refractivity contribution in [2.24, 2.45) is 0 Å². The highest BCUT2D eigenvalue weighted by atomic mass is 32.2. The van der Waals surface area contributed by atoms with E-state index in [0.717, 1.165) is 5.56 Å². The average molecular weight is 285 g/mol. The summed E-state index contributed by atoms with van der Waals surface area (Å²) >= 11 is 0. The molecule has 0 saturated carbocycles. The van der Waals surface area contributed by atoms with Crippen molar-refractivity contribution in [1.29, 1.82) is 0 Å². The fourth-order valence-corrected chi connectivity index (χ4v) is 3.15. The first-order valence-corrected chi connectivity index (χ1v) is 8.23. The van der Waals surface area contributed by atoms with Crippen LogP contribution in [0, 0.1) is 0 Å². The summed E-state index contributed by atoms with van der Waals surface area (Å²) in [5.41, 5.74) is 1.10. The normalized spacial score (nSPS) is 13.7. The van der Waals surface area contributed by atoms with Crippen LogP contribution >= 0.6 is 0 Å². The lowest BCUT2D eigenvalue weighted by Crippen LogP contribution is -2.32. The molecule has 0 bridgehead atoms. The molecule has 2 N–H and O–H groups in total. The number of hydrogen-bond donors (Lipinski definition) is 2. The highest BCUT2D eigenvalue weighted by Gasteiger charge is 2.19. The van der Waals surface area contributed by atoms with Gasteiger partial charge >= 0.3 is 0 Å². The van der Waals surface area contributed by atoms with Crippen molar-refractivity contribution in [2.45, 2.75) is 37.7 Å². The van der Waals surface area contributed by atoms with E-state index >= 15 is 0 Å². The highest BCUT2D eigenvalue weighted by Crippen LogP contribution is 2.18. The van der Waals surface area contributed by atoms with E-state index < -0.39 is 15.9 Å². The molecule has 0 fully saturated rings. The summed E-state index contributed by atoms with van der Waals surface area (Å²) in [6.07, 6.45) is -0.880. The maximum atomic E-state index is 12.1. The van der Waals surface area contributed by atoms with Crippen LogP contribution in [0.4, 0.5) is 0 Å². The first-order chi connectivity index (χ1) is 8.86. The molecule has 4 nitrogen and oxygen atoms in total. The standard InChI is InChI=1S/C14H23NO3S/c1-4-15-9-13(16)10-19(17,18)14-7-5-12(6-8-14)11(2)3/h5-8,11,13,15-16H,4,9-10H2,1-3H3. The van der Waals surface area contributed by atoms with E-state index in [2.05, 4.69) is 19.2 Å². The van der Waals surface area contributed by atoms with Crippen LogP contribution in [0.15, 0.2) is 29.2 Å². The quantitative estimate of drug-likeness (QED) is 0.798. The molecule has 0 aromatic heterocycles. The Bertz CT molecular complexity index is 480. The van der Waals surface area contributed by atoms with Gasteiger partial charge in [-0.3, -0.25) is 0 Å². The third kappa shape index (κ3) is 4.93. The second-order valence-electron chi connectivity index (χ2n) is 4.97. The highest BCUT2D eigenvalue weighted by molar-refractivity contribution is 7.91. The second-order valence-corrected chi connectivity index (χ2v) is 7.00. The summed E-state index contributed by atoms with van der Waals surface area (Å²) in [6.45, 7) is 7.03. The lowest BCUT2D eigenvalue weighted by molar-refractivity contribution is 0.194. The monoisotopic (exact) mass is 285 g/mol. The summed E-state index contributed by atoms with van der Waals surface area (Å²) < 4.78 is 24.2. The zero-order valence-corrected chi connectivity index (χ0v) is 12.6. The predicted molar refractivity (Wildman–Crippen MR) is 77.1 cm³/mol. The summed E-state index contributed by atoms with van der Waals surface area (Å²) in [7, 11) is -3.42. The second kappa shape index (κ2) is 7.03. The average Bonchev–Trinajstić information content (AvgIpc) is 2.36. The Morgan fingerprint density at radius 1 is 1.21 bits per heavy atom. The van der Waals surface area contributed by atoms with E-state index in [0.29, 0.717) is 19.0 Å². The smallest absolute Gasteiger partial charge is 0.180 e. The molecule has 0 aliphatic rings. The maximum Gasteiger partial charge on any atom is 0.180 e. The van der Waals surface area contributed by atoms with E-state index in [1.165, 1.54) is 0 Å². The van der Waals surface area contributed by atoms with Crippen LogP contribution < -0.4 is 5.32 Å². The summed E-state index contributed by atoms with van der Waals surface area (Å²) in [4.78, 5) is 0.271. The van der Waals surface area contributed by atoms with Crippen LogP contribution in [-0.4, -0.2) is 38.5 Å². The Morgan fingerprint density at radius 2 is 1.79 bits per heavy atom. The number of aliphatic hydroxyl groups excluding tert-OH is 1. The molecule has 1 aromatic rings. The molecule has 0 radical (unpaired) electrons. The fraction of sp³-hybridized carbons (Fsp3) is 0.571. The largest absolute Gasteiger partial charge is 0.391 e. The van der Waals surface area contributed by atoms with Crippen molar-refractivity contribution >= 4 is 9.84 Å². The molecule has 0 spiro atoms. The minimum atomic E-state index is -3.42. The van der Waals surface area contributed by atoms with E-state index in [9.17, 15) is 13.5 Å². The SMILES string of the molecule is CCNCC(O)CS(=O)(=O)c1ccc(C(C)C)cc1. The predicted octanol–water partition coefficient (Wildman–Crippen LogP) is 1.55. The zero-order valence-electron chi connectivity index (χ0n) is 11.8. The van der Waals surface area contributed by atoms with Gasteiger partial charge < -0.3 is 10.4 Å². The Kier molecular flexibility index (Phi) is 5.97. The van der Waals surface area contributed by atoms with Crippen LogP contribution in [0.3, 0.4) is 0 Å². The molecule has 1 aromatic carbocycles. The van der Waals surface area contributed by atoms with Crippen molar-refractivity contribution in [3.05, 3.63) is 29.8 Å². The first kappa shape index (κ1) is 16.1. The van der Waals surface area contributed by atoms with Crippen LogP contribution in [0.25, 0.3) is 0 Å². The molecule has 0 saturated heterocycles. The van der Waals surface area contributed by atoms with Crippen molar-refractivity contribution in [1.82, 2.24) is 5.32 Å². The van der Waals surface area contributed by atoms with Gasteiger partial charge in [0.2, 0.25) is 0 Å². The number of nitrogens with one attached hydrogen (secondary N) is 1. The molecule has 1 atom stereocenters. The summed E-state index contributed by atoms with van der Waals surface area (Å²) in [6, 6.07) is 6.89. The fourth-order valence-electron chi connectivity index (χ4n) is 1.78. The van der Waals surface area contributed by atoms with E-state index in [4.69, 9.17) is 0 Å². The molecule has 0 heterocycles. The Hall–Kier alpha value is -0.910. The van der Waals surface area contributed by atoms with Gasteiger partial charge in [-0.1, -0.05) is 32.9 Å². The van der Waals surface area contributed by atoms with Crippen LogP contribution in [0.1, 0.15) is 32.3 Å². The zero-order chi connectivity index (χ0) is 14.5. The van der Waals surface area contributed by atoms with Gasteiger partial charge in [0.15, 0.2) is 9.84 Å². The van der Waals surface area contributed by atoms with Gasteiger partial charge in [-0.2, -0.15) is 0 Å². The molecule has 1 unspecified atom stereocenters. The van der Waals surface area contributed by atoms with Gasteiger partial charge in [0.25, 0.3) is 0 Å². The summed E-state index contributed by atoms with van der Waals surface area (Å²) in [5.74, 6) is 0.122. The number of likely N-dealkylation sites (N-methyl/N-ethyl adjacent to an activating group) is 1. The topological polar surface area (TPSA) is 66.4 Å². The molecule has 108 valence electrons. The number of aliphatic hydroxyl groups is 1. The van der Waals surface area contributed by atoms with Gasteiger partial charge in [0.05, 0.1) is 16.8 Å². The van der Waals surface area contributed by atoms with Crippen molar-refractivity contribution in [3.8, 4) is 0 Å². The van der Waals surface area contributed by atoms with Crippen molar-refractivity contribution in [3.63, 3.8) is 0 Å². The molecule has 19 heavy (non-hydrogen) atoms. The lowest BCUT2D eigenvalue weighted by atomic mass is 10.0. The number of sulfone groups is 1. The Morgan fingerprint density at radius 3 is 2.26 bits per heavy atom. The van der Waals surface area contributed by atoms with E-state index in [-0.39, 0.29) is 10.6 Å². The Balaban J connectivity index is 2.77. The van der Waals surface area contributed by atoms with Crippen molar-refractivity contribution < 1.29 is 13.5 Å². The number of hydrogen-bond acceptors (Lipinski definition) is 4. The van der Waals surface area contributed by atoms with E-state index in [1.54, 1.807) is 12.1 Å².